The Balaban J connectivity index is 1.66. The maximum atomic E-state index is 13.9. The predicted octanol–water partition coefficient (Wildman–Crippen LogP) is 0.982. The lowest BCUT2D eigenvalue weighted by molar-refractivity contribution is -0.274. The van der Waals surface area contributed by atoms with Crippen LogP contribution >= 0.6 is 7.75 Å². The van der Waals surface area contributed by atoms with Gasteiger partial charge in [-0.25, -0.2) is 14.4 Å². The highest BCUT2D eigenvalue weighted by atomic mass is 31.2. The molecule has 0 aliphatic carbocycles. The van der Waals surface area contributed by atoms with Crippen molar-refractivity contribution in [2.45, 2.75) is 76.4 Å². The number of para-hydroxylation sites is 1. The number of hydroxylamine groups is 2. The van der Waals surface area contributed by atoms with E-state index in [-0.39, 0.29) is 18.8 Å². The van der Waals surface area contributed by atoms with Gasteiger partial charge in [0.25, 0.3) is 5.91 Å². The van der Waals surface area contributed by atoms with Crippen molar-refractivity contribution < 1.29 is 48.1 Å². The monoisotopic (exact) mass is 555 g/mol. The fourth-order valence-corrected chi connectivity index (χ4v) is 6.23. The first-order valence-electron chi connectivity index (χ1n) is 12.4. The summed E-state index contributed by atoms with van der Waals surface area (Å²) in [5, 5.41) is 34.6. The molecule has 0 saturated carbocycles. The Kier molecular flexibility index (Phi) is 8.60. The molecule has 38 heavy (non-hydrogen) atoms. The van der Waals surface area contributed by atoms with E-state index < -0.39 is 62.4 Å². The van der Waals surface area contributed by atoms with Crippen molar-refractivity contribution in [1.29, 1.82) is 0 Å². The summed E-state index contributed by atoms with van der Waals surface area (Å²) < 4.78 is 35.3. The van der Waals surface area contributed by atoms with Gasteiger partial charge in [0.1, 0.15) is 18.3 Å². The Morgan fingerprint density at radius 3 is 2.58 bits per heavy atom. The number of carbonyl (C=O) groups excluding carboxylic acids is 2. The van der Waals surface area contributed by atoms with Crippen LogP contribution in [0.15, 0.2) is 30.5 Å². The number of carbonyl (C=O) groups is 2. The lowest BCUT2D eigenvalue weighted by Gasteiger charge is -2.43. The zero-order valence-corrected chi connectivity index (χ0v) is 22.4. The number of rotatable bonds is 8. The molecule has 3 heterocycles. The van der Waals surface area contributed by atoms with Gasteiger partial charge in [0.15, 0.2) is 12.3 Å². The number of aliphatic hydroxyl groups is 3. The van der Waals surface area contributed by atoms with E-state index >= 15 is 0 Å². The molecular weight excluding hydrogens is 521 g/mol. The second kappa shape index (κ2) is 11.4. The van der Waals surface area contributed by atoms with Gasteiger partial charge in [-0.2, -0.15) is 9.69 Å². The molecule has 14 heteroatoms. The molecule has 8 atom stereocenters. The fourth-order valence-electron chi connectivity index (χ4n) is 4.61. The van der Waals surface area contributed by atoms with Crippen molar-refractivity contribution in [3.8, 4) is 0 Å². The lowest BCUT2D eigenvalue weighted by atomic mass is 10.0. The first-order valence-corrected chi connectivity index (χ1v) is 13.9. The van der Waals surface area contributed by atoms with Crippen molar-refractivity contribution in [3.63, 3.8) is 0 Å². The van der Waals surface area contributed by atoms with Crippen molar-refractivity contribution in [3.05, 3.63) is 36.0 Å². The van der Waals surface area contributed by atoms with Gasteiger partial charge in [-0.1, -0.05) is 32.0 Å². The van der Waals surface area contributed by atoms with Crippen molar-refractivity contribution in [2.75, 3.05) is 7.11 Å². The van der Waals surface area contributed by atoms with Gasteiger partial charge >= 0.3 is 13.7 Å². The molecule has 1 aromatic heterocycles. The Morgan fingerprint density at radius 2 is 1.89 bits per heavy atom. The summed E-state index contributed by atoms with van der Waals surface area (Å²) in [4.78, 5) is 29.5. The van der Waals surface area contributed by atoms with Crippen LogP contribution in [-0.4, -0.2) is 87.1 Å². The standard InChI is InChI=1S/C24H34N3O10P/c1-12(2)9-17-22(31)27(18(23(32)34-4)10-14-11-25-16-8-6-5-7-15(14)16)37-38(33,26-17)36-24-21(30)20(29)19(28)13(3)35-24/h5-8,11-13,17-21,24-25,28-30H,9-10H2,1-4H3,(H,26,33)/t13-,17-,18-,19-,20+,21+,24-,38?/m0/s1. The largest absolute Gasteiger partial charge is 0.467 e. The summed E-state index contributed by atoms with van der Waals surface area (Å²) in [6.07, 6.45) is -5.55. The summed E-state index contributed by atoms with van der Waals surface area (Å²) in [7, 11) is -3.31. The zero-order chi connectivity index (χ0) is 27.8. The van der Waals surface area contributed by atoms with Crippen LogP contribution in [0, 0.1) is 5.92 Å². The smallest absolute Gasteiger partial charge is 0.430 e. The number of methoxy groups -OCH3 is 1. The number of hydrogen-bond acceptors (Lipinski definition) is 10. The highest BCUT2D eigenvalue weighted by molar-refractivity contribution is 7.51. The van der Waals surface area contributed by atoms with Crippen molar-refractivity contribution in [1.82, 2.24) is 15.1 Å². The summed E-state index contributed by atoms with van der Waals surface area (Å²) in [5.74, 6) is -1.48. The lowest BCUT2D eigenvalue weighted by Crippen LogP contribution is -2.60. The van der Waals surface area contributed by atoms with Gasteiger partial charge < -0.3 is 29.8 Å². The number of aromatic nitrogens is 1. The number of fused-ring (bicyclic) bond motifs is 1. The Bertz CT molecular complexity index is 1210. The first-order chi connectivity index (χ1) is 17.9. The third-order valence-corrected chi connectivity index (χ3v) is 8.13. The number of nitrogens with zero attached hydrogens (tertiary/aromatic N) is 1. The second-order valence-electron chi connectivity index (χ2n) is 9.94. The van der Waals surface area contributed by atoms with E-state index in [2.05, 4.69) is 10.1 Å². The number of aliphatic hydroxyl groups excluding tert-OH is 3. The SMILES string of the molecule is COC(=O)[C@H](Cc1c[nH]c2ccccc12)N1OP(=O)(O[C@@H]2O[C@@H](C)[C@H](O)[C@@H](O)[C@H]2O)N[C@@H](CC(C)C)C1=O. The van der Waals surface area contributed by atoms with E-state index in [1.54, 1.807) is 6.20 Å². The number of benzene rings is 1. The topological polar surface area (TPSA) is 180 Å². The molecule has 2 fully saturated rings. The minimum atomic E-state index is -4.48. The highest BCUT2D eigenvalue weighted by Gasteiger charge is 2.52. The molecule has 1 amide bonds. The van der Waals surface area contributed by atoms with Gasteiger partial charge in [-0.05, 0) is 30.9 Å². The van der Waals surface area contributed by atoms with Crippen LogP contribution < -0.4 is 5.09 Å². The number of esters is 1. The Labute approximate surface area is 219 Å². The van der Waals surface area contributed by atoms with Gasteiger partial charge in [0.05, 0.1) is 19.3 Å². The average Bonchev–Trinajstić information content (AvgIpc) is 3.28. The molecule has 2 aliphatic heterocycles. The number of hydrogen-bond donors (Lipinski definition) is 5. The van der Waals surface area contributed by atoms with Crippen LogP contribution in [0.5, 0.6) is 0 Å². The van der Waals surface area contributed by atoms with Crippen LogP contribution in [-0.2, 0) is 39.2 Å². The van der Waals surface area contributed by atoms with E-state index in [4.69, 9.17) is 18.6 Å². The van der Waals surface area contributed by atoms with Crippen LogP contribution in [0.1, 0.15) is 32.8 Å². The highest BCUT2D eigenvalue weighted by Crippen LogP contribution is 2.51. The van der Waals surface area contributed by atoms with E-state index in [0.29, 0.717) is 10.6 Å². The van der Waals surface area contributed by atoms with Crippen molar-refractivity contribution >= 4 is 30.5 Å². The molecule has 0 radical (unpaired) electrons. The van der Waals surface area contributed by atoms with Crippen LogP contribution in [0.4, 0.5) is 0 Å². The number of ether oxygens (including phenoxy) is 2. The quantitative estimate of drug-likeness (QED) is 0.231. The van der Waals surface area contributed by atoms with Crippen LogP contribution in [0.3, 0.4) is 0 Å². The fraction of sp³-hybridized carbons (Fsp3) is 0.583. The van der Waals surface area contributed by atoms with E-state index in [1.165, 1.54) is 14.0 Å². The zero-order valence-electron chi connectivity index (χ0n) is 21.5. The van der Waals surface area contributed by atoms with E-state index in [0.717, 1.165) is 10.9 Å². The Morgan fingerprint density at radius 1 is 1.18 bits per heavy atom. The molecule has 2 aromatic rings. The second-order valence-corrected chi connectivity index (χ2v) is 11.6. The van der Waals surface area contributed by atoms with Crippen LogP contribution in [0.2, 0.25) is 0 Å². The van der Waals surface area contributed by atoms with Crippen LogP contribution in [0.25, 0.3) is 10.9 Å². The molecule has 1 aromatic carbocycles. The number of aromatic amines is 1. The number of nitrogens with one attached hydrogen (secondary N) is 2. The normalized spacial score (nSPS) is 33.1. The van der Waals surface area contributed by atoms with E-state index in [9.17, 15) is 29.5 Å². The number of H-pyrrole nitrogens is 1. The molecule has 4 rings (SSSR count). The predicted molar refractivity (Wildman–Crippen MR) is 133 cm³/mol. The molecule has 0 spiro atoms. The molecule has 5 N–H and O–H groups in total. The molecule has 210 valence electrons. The molecule has 2 aliphatic rings. The molecular formula is C24H34N3O10P. The maximum Gasteiger partial charge on any atom is 0.430 e. The summed E-state index contributed by atoms with van der Waals surface area (Å²) in [5.41, 5.74) is 1.52. The van der Waals surface area contributed by atoms with Gasteiger partial charge in [-0.15, -0.1) is 0 Å². The maximum absolute atomic E-state index is 13.9. The molecule has 0 bridgehead atoms. The third kappa shape index (κ3) is 5.80. The van der Waals surface area contributed by atoms with Crippen molar-refractivity contribution in [2.24, 2.45) is 5.92 Å². The van der Waals surface area contributed by atoms with E-state index in [1.807, 2.05) is 38.1 Å². The molecule has 13 nitrogen and oxygen atoms in total. The summed E-state index contributed by atoms with van der Waals surface area (Å²) in [6.45, 7) is 5.16. The minimum Gasteiger partial charge on any atom is -0.467 e. The Hall–Kier alpha value is -2.35. The minimum absolute atomic E-state index is 0.0245. The number of amides is 1. The molecule has 2 saturated heterocycles. The summed E-state index contributed by atoms with van der Waals surface area (Å²) in [6, 6.07) is 5.01. The van der Waals surface area contributed by atoms with Gasteiger partial charge in [-0.3, -0.25) is 9.32 Å². The first kappa shape index (κ1) is 28.7. The van der Waals surface area contributed by atoms with Gasteiger partial charge in [0, 0.05) is 23.5 Å². The third-order valence-electron chi connectivity index (χ3n) is 6.63. The average molecular weight is 556 g/mol. The summed E-state index contributed by atoms with van der Waals surface area (Å²) >= 11 is 0. The molecule has 1 unspecified atom stereocenters. The van der Waals surface area contributed by atoms with Gasteiger partial charge in [0.2, 0.25) is 0 Å².